The molecule has 1 aliphatic rings. The summed E-state index contributed by atoms with van der Waals surface area (Å²) in [6, 6.07) is 7.98. The standard InChI is InChI=1S/C19H22FN3O3/c1-13-11-17(22-26-13)21-19(25)15-7-9-23(10-8-15)18(24)6-5-14-3-2-4-16(20)12-14/h2-4,11-12,15H,5-10H2,1H3,(H,21,22,25). The molecule has 6 nitrogen and oxygen atoms in total. The second-order valence-corrected chi connectivity index (χ2v) is 6.60. The number of amides is 2. The number of anilines is 1. The Morgan fingerprint density at radius 2 is 2.08 bits per heavy atom. The molecule has 1 saturated heterocycles. The maximum Gasteiger partial charge on any atom is 0.228 e. The van der Waals surface area contributed by atoms with Crippen molar-refractivity contribution >= 4 is 17.6 Å². The Hall–Kier alpha value is -2.70. The monoisotopic (exact) mass is 359 g/mol. The summed E-state index contributed by atoms with van der Waals surface area (Å²) in [6.45, 7) is 2.87. The molecule has 1 aromatic heterocycles. The molecule has 1 N–H and O–H groups in total. The lowest BCUT2D eigenvalue weighted by molar-refractivity contribution is -0.134. The van der Waals surface area contributed by atoms with E-state index in [4.69, 9.17) is 4.52 Å². The molecule has 0 saturated carbocycles. The molecule has 0 aliphatic carbocycles. The van der Waals surface area contributed by atoms with Crippen molar-refractivity contribution < 1.29 is 18.5 Å². The molecule has 3 rings (SSSR count). The minimum absolute atomic E-state index is 0.0419. The highest BCUT2D eigenvalue weighted by atomic mass is 19.1. The van der Waals surface area contributed by atoms with Gasteiger partial charge in [0.25, 0.3) is 0 Å². The van der Waals surface area contributed by atoms with Crippen molar-refractivity contribution in [2.75, 3.05) is 18.4 Å². The first-order valence-corrected chi connectivity index (χ1v) is 8.77. The van der Waals surface area contributed by atoms with Gasteiger partial charge in [0.1, 0.15) is 11.6 Å². The van der Waals surface area contributed by atoms with Crippen LogP contribution in [0.4, 0.5) is 10.2 Å². The number of nitrogens with one attached hydrogen (secondary N) is 1. The van der Waals surface area contributed by atoms with Crippen molar-refractivity contribution in [3.05, 3.63) is 47.5 Å². The number of hydrogen-bond acceptors (Lipinski definition) is 4. The number of aryl methyl sites for hydroxylation is 2. The van der Waals surface area contributed by atoms with Gasteiger partial charge in [-0.25, -0.2) is 4.39 Å². The van der Waals surface area contributed by atoms with Crippen LogP contribution >= 0.6 is 0 Å². The van der Waals surface area contributed by atoms with Crippen LogP contribution in [-0.4, -0.2) is 35.0 Å². The molecule has 0 atom stereocenters. The van der Waals surface area contributed by atoms with Crippen LogP contribution in [0.2, 0.25) is 0 Å². The third kappa shape index (κ3) is 4.68. The second-order valence-electron chi connectivity index (χ2n) is 6.60. The van der Waals surface area contributed by atoms with Crippen LogP contribution in [0, 0.1) is 18.7 Å². The molecule has 2 amide bonds. The molecule has 0 radical (unpaired) electrons. The Balaban J connectivity index is 1.44. The zero-order valence-corrected chi connectivity index (χ0v) is 14.7. The van der Waals surface area contributed by atoms with E-state index >= 15 is 0 Å². The molecule has 26 heavy (non-hydrogen) atoms. The maximum atomic E-state index is 13.2. The third-order valence-electron chi connectivity index (χ3n) is 4.61. The number of carbonyl (C=O) groups excluding carboxylic acids is 2. The molecule has 0 bridgehead atoms. The van der Waals surface area contributed by atoms with Gasteiger partial charge in [-0.15, -0.1) is 0 Å². The average molecular weight is 359 g/mol. The number of benzene rings is 1. The molecular formula is C19H22FN3O3. The molecular weight excluding hydrogens is 337 g/mol. The van der Waals surface area contributed by atoms with E-state index < -0.39 is 0 Å². The van der Waals surface area contributed by atoms with E-state index in [0.29, 0.717) is 50.4 Å². The molecule has 1 aliphatic heterocycles. The van der Waals surface area contributed by atoms with Crippen LogP contribution in [-0.2, 0) is 16.0 Å². The summed E-state index contributed by atoms with van der Waals surface area (Å²) in [5.41, 5.74) is 0.815. The number of nitrogens with zero attached hydrogens (tertiary/aromatic N) is 2. The van der Waals surface area contributed by atoms with Gasteiger partial charge in [0.2, 0.25) is 11.8 Å². The van der Waals surface area contributed by atoms with Gasteiger partial charge in [-0.1, -0.05) is 17.3 Å². The van der Waals surface area contributed by atoms with Crippen LogP contribution in [0.1, 0.15) is 30.6 Å². The van der Waals surface area contributed by atoms with E-state index in [1.807, 2.05) is 6.07 Å². The maximum absolute atomic E-state index is 13.2. The zero-order valence-electron chi connectivity index (χ0n) is 14.7. The molecule has 0 spiro atoms. The number of piperidine rings is 1. The smallest absolute Gasteiger partial charge is 0.228 e. The summed E-state index contributed by atoms with van der Waals surface area (Å²) in [7, 11) is 0. The lowest BCUT2D eigenvalue weighted by Gasteiger charge is -2.31. The van der Waals surface area contributed by atoms with Gasteiger partial charge >= 0.3 is 0 Å². The highest BCUT2D eigenvalue weighted by Crippen LogP contribution is 2.20. The van der Waals surface area contributed by atoms with Gasteiger partial charge < -0.3 is 14.7 Å². The number of likely N-dealkylation sites (tertiary alicyclic amines) is 1. The first kappa shape index (κ1) is 18.1. The van der Waals surface area contributed by atoms with Crippen LogP contribution in [0.25, 0.3) is 0 Å². The normalized spacial score (nSPS) is 15.1. The molecule has 0 unspecified atom stereocenters. The number of aromatic nitrogens is 1. The summed E-state index contributed by atoms with van der Waals surface area (Å²) in [6.07, 6.45) is 2.10. The van der Waals surface area contributed by atoms with Crippen LogP contribution < -0.4 is 5.32 Å². The minimum Gasteiger partial charge on any atom is -0.360 e. The Labute approximate surface area is 151 Å². The first-order valence-electron chi connectivity index (χ1n) is 8.77. The quantitative estimate of drug-likeness (QED) is 0.891. The van der Waals surface area contributed by atoms with Crippen molar-refractivity contribution in [2.24, 2.45) is 5.92 Å². The lowest BCUT2D eigenvalue weighted by Crippen LogP contribution is -2.41. The fourth-order valence-electron chi connectivity index (χ4n) is 3.15. The molecule has 138 valence electrons. The average Bonchev–Trinajstić information content (AvgIpc) is 3.04. The van der Waals surface area contributed by atoms with E-state index in [0.717, 1.165) is 5.56 Å². The second kappa shape index (κ2) is 8.12. The van der Waals surface area contributed by atoms with Gasteiger partial charge in [0, 0.05) is 31.5 Å². The van der Waals surface area contributed by atoms with E-state index in [1.54, 1.807) is 24.0 Å². The molecule has 7 heteroatoms. The largest absolute Gasteiger partial charge is 0.360 e. The molecule has 1 aromatic carbocycles. The highest BCUT2D eigenvalue weighted by Gasteiger charge is 2.27. The summed E-state index contributed by atoms with van der Waals surface area (Å²) in [5.74, 6) is 0.578. The van der Waals surface area contributed by atoms with E-state index in [2.05, 4.69) is 10.5 Å². The fourth-order valence-corrected chi connectivity index (χ4v) is 3.15. The number of hydrogen-bond donors (Lipinski definition) is 1. The van der Waals surface area contributed by atoms with Crippen molar-refractivity contribution in [3.63, 3.8) is 0 Å². The first-order chi connectivity index (χ1) is 12.5. The third-order valence-corrected chi connectivity index (χ3v) is 4.61. The van der Waals surface area contributed by atoms with Gasteiger partial charge in [0.05, 0.1) is 0 Å². The number of rotatable bonds is 5. The van der Waals surface area contributed by atoms with Crippen LogP contribution in [0.3, 0.4) is 0 Å². The van der Waals surface area contributed by atoms with Crippen LogP contribution in [0.15, 0.2) is 34.9 Å². The Morgan fingerprint density at radius 3 is 2.73 bits per heavy atom. The topological polar surface area (TPSA) is 75.4 Å². The van der Waals surface area contributed by atoms with E-state index in [-0.39, 0.29) is 23.5 Å². The van der Waals surface area contributed by atoms with Gasteiger partial charge in [-0.2, -0.15) is 0 Å². The van der Waals surface area contributed by atoms with Crippen LogP contribution in [0.5, 0.6) is 0 Å². The summed E-state index contributed by atoms with van der Waals surface area (Å²) in [5, 5.41) is 6.50. The molecule has 2 aromatic rings. The summed E-state index contributed by atoms with van der Waals surface area (Å²) >= 11 is 0. The lowest BCUT2D eigenvalue weighted by atomic mass is 9.95. The van der Waals surface area contributed by atoms with Crippen molar-refractivity contribution in [1.29, 1.82) is 0 Å². The van der Waals surface area contributed by atoms with E-state index in [9.17, 15) is 14.0 Å². The zero-order chi connectivity index (χ0) is 18.5. The Morgan fingerprint density at radius 1 is 1.31 bits per heavy atom. The summed E-state index contributed by atoms with van der Waals surface area (Å²) < 4.78 is 18.1. The highest BCUT2D eigenvalue weighted by molar-refractivity contribution is 5.91. The Kier molecular flexibility index (Phi) is 5.65. The summed E-state index contributed by atoms with van der Waals surface area (Å²) in [4.78, 5) is 26.4. The van der Waals surface area contributed by atoms with E-state index in [1.165, 1.54) is 12.1 Å². The van der Waals surface area contributed by atoms with Gasteiger partial charge in [-0.3, -0.25) is 9.59 Å². The minimum atomic E-state index is -0.288. The van der Waals surface area contributed by atoms with Crippen molar-refractivity contribution in [1.82, 2.24) is 10.1 Å². The van der Waals surface area contributed by atoms with Crippen molar-refractivity contribution in [2.45, 2.75) is 32.6 Å². The number of halogens is 1. The predicted molar refractivity (Wildman–Crippen MR) is 93.9 cm³/mol. The Bertz CT molecular complexity index is 782. The number of carbonyl (C=O) groups is 2. The van der Waals surface area contributed by atoms with Gasteiger partial charge in [0.15, 0.2) is 5.82 Å². The molecule has 1 fully saturated rings. The molecule has 2 heterocycles. The predicted octanol–water partition coefficient (Wildman–Crippen LogP) is 2.93. The van der Waals surface area contributed by atoms with Crippen molar-refractivity contribution in [3.8, 4) is 0 Å². The fraction of sp³-hybridized carbons (Fsp3) is 0.421. The SMILES string of the molecule is Cc1cc(NC(=O)C2CCN(C(=O)CCc3cccc(F)c3)CC2)no1. The van der Waals surface area contributed by atoms with Gasteiger partial charge in [-0.05, 0) is 43.9 Å².